The summed E-state index contributed by atoms with van der Waals surface area (Å²) in [5, 5.41) is 3.11. The summed E-state index contributed by atoms with van der Waals surface area (Å²) in [5.74, 6) is -0.0773. The molecule has 5 nitrogen and oxygen atoms in total. The van der Waals surface area contributed by atoms with Crippen LogP contribution < -0.4 is 5.32 Å². The second kappa shape index (κ2) is 9.53. The number of nitrogens with zero attached hydrogens (tertiary/aromatic N) is 1. The Hall–Kier alpha value is -1.93. The molecule has 1 heterocycles. The summed E-state index contributed by atoms with van der Waals surface area (Å²) in [6.45, 7) is 3.74. The average molecular weight is 382 g/mol. The van der Waals surface area contributed by atoms with Crippen LogP contribution in [-0.2, 0) is 9.53 Å². The van der Waals surface area contributed by atoms with Gasteiger partial charge in [0.1, 0.15) is 10.7 Å². The highest BCUT2D eigenvalue weighted by molar-refractivity contribution is 7.99. The zero-order valence-electron chi connectivity index (χ0n) is 14.0. The predicted octanol–water partition coefficient (Wildman–Crippen LogP) is 4.28. The van der Waals surface area contributed by atoms with Gasteiger partial charge in [-0.25, -0.2) is 14.2 Å². The maximum absolute atomic E-state index is 12.8. The van der Waals surface area contributed by atoms with E-state index < -0.39 is 5.97 Å². The molecule has 0 saturated heterocycles. The molecule has 1 aromatic heterocycles. The van der Waals surface area contributed by atoms with Gasteiger partial charge < -0.3 is 10.1 Å². The first-order chi connectivity index (χ1) is 12.0. The van der Waals surface area contributed by atoms with Crippen molar-refractivity contribution in [3.05, 3.63) is 40.7 Å². The normalized spacial score (nSPS) is 10.5. The van der Waals surface area contributed by atoms with Crippen molar-refractivity contribution in [3.63, 3.8) is 0 Å². The molecule has 0 radical (unpaired) electrons. The van der Waals surface area contributed by atoms with E-state index in [1.165, 1.54) is 12.1 Å². The Morgan fingerprint density at radius 2 is 2.04 bits per heavy atom. The van der Waals surface area contributed by atoms with Crippen molar-refractivity contribution in [2.75, 3.05) is 17.7 Å². The van der Waals surface area contributed by atoms with Gasteiger partial charge in [0.05, 0.1) is 12.3 Å². The lowest BCUT2D eigenvalue weighted by Gasteiger charge is -2.02. The summed E-state index contributed by atoms with van der Waals surface area (Å²) in [6.07, 6.45) is 1.03. The van der Waals surface area contributed by atoms with E-state index in [1.54, 1.807) is 37.7 Å². The molecule has 0 aliphatic heterocycles. The SMILES string of the molecule is CCOC(=O)c1sc(NC(=O)CCCSc2ccc(F)cc2)nc1C. The molecule has 8 heteroatoms. The molecule has 0 aliphatic rings. The van der Waals surface area contributed by atoms with E-state index in [2.05, 4.69) is 10.3 Å². The number of rotatable bonds is 8. The highest BCUT2D eigenvalue weighted by Gasteiger charge is 2.17. The Morgan fingerprint density at radius 3 is 2.72 bits per heavy atom. The molecular formula is C17H19FN2O3S2. The summed E-state index contributed by atoms with van der Waals surface area (Å²) in [6, 6.07) is 6.27. The lowest BCUT2D eigenvalue weighted by Crippen LogP contribution is -2.11. The van der Waals surface area contributed by atoms with Crippen LogP contribution in [0.3, 0.4) is 0 Å². The van der Waals surface area contributed by atoms with Crippen LogP contribution in [0.2, 0.25) is 0 Å². The minimum atomic E-state index is -0.423. The maximum atomic E-state index is 12.8. The number of thiazole rings is 1. The molecule has 0 saturated carbocycles. The van der Waals surface area contributed by atoms with Crippen LogP contribution in [0.5, 0.6) is 0 Å². The molecule has 2 aromatic rings. The number of carbonyl (C=O) groups is 2. The first-order valence-electron chi connectivity index (χ1n) is 7.82. The molecule has 0 atom stereocenters. The van der Waals surface area contributed by atoms with Gasteiger partial charge in [0, 0.05) is 11.3 Å². The number of esters is 1. The molecule has 1 aromatic carbocycles. The molecule has 0 bridgehead atoms. The Bertz CT molecular complexity index is 732. The summed E-state index contributed by atoms with van der Waals surface area (Å²) in [7, 11) is 0. The van der Waals surface area contributed by atoms with Gasteiger partial charge in [-0.05, 0) is 50.3 Å². The van der Waals surface area contributed by atoms with Crippen molar-refractivity contribution in [2.45, 2.75) is 31.6 Å². The second-order valence-electron chi connectivity index (χ2n) is 5.11. The van der Waals surface area contributed by atoms with E-state index in [-0.39, 0.29) is 11.7 Å². The third-order valence-electron chi connectivity index (χ3n) is 3.13. The van der Waals surface area contributed by atoms with E-state index in [0.717, 1.165) is 22.0 Å². The van der Waals surface area contributed by atoms with Gasteiger partial charge >= 0.3 is 5.97 Å². The minimum absolute atomic E-state index is 0.149. The van der Waals surface area contributed by atoms with E-state index in [4.69, 9.17) is 4.74 Å². The lowest BCUT2D eigenvalue weighted by atomic mass is 10.3. The molecule has 25 heavy (non-hydrogen) atoms. The van der Waals surface area contributed by atoms with Crippen molar-refractivity contribution < 1.29 is 18.7 Å². The molecule has 0 spiro atoms. The standard InChI is InChI=1S/C17H19FN2O3S2/c1-3-23-16(22)15-11(2)19-17(25-15)20-14(21)5-4-10-24-13-8-6-12(18)7-9-13/h6-9H,3-5,10H2,1-2H3,(H,19,20,21). The number of aryl methyl sites for hydroxylation is 1. The van der Waals surface area contributed by atoms with Gasteiger partial charge in [0.2, 0.25) is 5.91 Å². The maximum Gasteiger partial charge on any atom is 0.350 e. The monoisotopic (exact) mass is 382 g/mol. The number of amides is 1. The fourth-order valence-corrected chi connectivity index (χ4v) is 3.70. The average Bonchev–Trinajstić information content (AvgIpc) is 2.94. The topological polar surface area (TPSA) is 68.3 Å². The van der Waals surface area contributed by atoms with Crippen LogP contribution in [0.4, 0.5) is 9.52 Å². The first kappa shape index (κ1) is 19.4. The summed E-state index contributed by atoms with van der Waals surface area (Å²) < 4.78 is 17.8. The number of ether oxygens (including phenoxy) is 1. The number of halogens is 1. The van der Waals surface area contributed by atoms with Gasteiger partial charge in [-0.15, -0.1) is 11.8 Å². The second-order valence-corrected chi connectivity index (χ2v) is 7.28. The van der Waals surface area contributed by atoms with Gasteiger partial charge in [0.25, 0.3) is 0 Å². The highest BCUT2D eigenvalue weighted by Crippen LogP contribution is 2.24. The van der Waals surface area contributed by atoms with E-state index >= 15 is 0 Å². The predicted molar refractivity (Wildman–Crippen MR) is 97.8 cm³/mol. The molecular weight excluding hydrogens is 363 g/mol. The zero-order chi connectivity index (χ0) is 18.2. The number of hydrogen-bond donors (Lipinski definition) is 1. The first-order valence-corrected chi connectivity index (χ1v) is 9.62. The Labute approximate surface area is 154 Å². The molecule has 134 valence electrons. The fourth-order valence-electron chi connectivity index (χ4n) is 1.97. The van der Waals surface area contributed by atoms with E-state index in [1.807, 2.05) is 0 Å². The number of aromatic nitrogens is 1. The van der Waals surface area contributed by atoms with Gasteiger partial charge in [-0.2, -0.15) is 0 Å². The zero-order valence-corrected chi connectivity index (χ0v) is 15.6. The molecule has 0 fully saturated rings. The largest absolute Gasteiger partial charge is 0.462 e. The van der Waals surface area contributed by atoms with Crippen LogP contribution in [0.25, 0.3) is 0 Å². The Kier molecular flexibility index (Phi) is 7.39. The smallest absolute Gasteiger partial charge is 0.350 e. The van der Waals surface area contributed by atoms with Crippen LogP contribution in [0.15, 0.2) is 29.2 Å². The Balaban J connectivity index is 1.75. The number of anilines is 1. The summed E-state index contributed by atoms with van der Waals surface area (Å²) >= 11 is 2.69. The number of carbonyl (C=O) groups excluding carboxylic acids is 2. The Morgan fingerprint density at radius 1 is 1.32 bits per heavy atom. The van der Waals surface area contributed by atoms with Crippen LogP contribution in [0.1, 0.15) is 35.1 Å². The quantitative estimate of drug-likeness (QED) is 0.419. The molecule has 1 N–H and O–H groups in total. The van der Waals surface area contributed by atoms with Crippen molar-refractivity contribution in [1.82, 2.24) is 4.98 Å². The van der Waals surface area contributed by atoms with E-state index in [9.17, 15) is 14.0 Å². The summed E-state index contributed by atoms with van der Waals surface area (Å²) in [5.41, 5.74) is 0.547. The van der Waals surface area contributed by atoms with Gasteiger partial charge in [-0.3, -0.25) is 4.79 Å². The minimum Gasteiger partial charge on any atom is -0.462 e. The van der Waals surface area contributed by atoms with Crippen molar-refractivity contribution >= 4 is 40.1 Å². The molecule has 2 rings (SSSR count). The number of hydrogen-bond acceptors (Lipinski definition) is 6. The van der Waals surface area contributed by atoms with Crippen LogP contribution >= 0.6 is 23.1 Å². The fraction of sp³-hybridized carbons (Fsp3) is 0.353. The van der Waals surface area contributed by atoms with E-state index in [0.29, 0.717) is 35.2 Å². The highest BCUT2D eigenvalue weighted by atomic mass is 32.2. The summed E-state index contributed by atoms with van der Waals surface area (Å²) in [4.78, 5) is 29.3. The molecule has 1 amide bonds. The van der Waals surface area contributed by atoms with Crippen LogP contribution in [0, 0.1) is 12.7 Å². The van der Waals surface area contributed by atoms with Crippen LogP contribution in [-0.4, -0.2) is 29.2 Å². The molecule has 0 aliphatic carbocycles. The van der Waals surface area contributed by atoms with Crippen molar-refractivity contribution in [2.24, 2.45) is 0 Å². The van der Waals surface area contributed by atoms with Crippen molar-refractivity contribution in [3.8, 4) is 0 Å². The van der Waals surface area contributed by atoms with Crippen molar-refractivity contribution in [1.29, 1.82) is 0 Å². The van der Waals surface area contributed by atoms with Gasteiger partial charge in [0.15, 0.2) is 5.13 Å². The van der Waals surface area contributed by atoms with Gasteiger partial charge in [-0.1, -0.05) is 11.3 Å². The third-order valence-corrected chi connectivity index (χ3v) is 5.29. The lowest BCUT2D eigenvalue weighted by molar-refractivity contribution is -0.116. The number of thioether (sulfide) groups is 1. The number of nitrogens with one attached hydrogen (secondary N) is 1. The number of benzene rings is 1. The molecule has 0 unspecified atom stereocenters. The third kappa shape index (κ3) is 6.13.